The fourth-order valence-electron chi connectivity index (χ4n) is 4.78. The van der Waals surface area contributed by atoms with Gasteiger partial charge >= 0.3 is 12.1 Å². The fraction of sp³-hybridized carbons (Fsp3) is 0.720. The molecule has 2 aliphatic rings. The number of ether oxygens (including phenoxy) is 1. The molecular weight excluding hydrogens is 437 g/mol. The molecule has 0 amide bonds. The summed E-state index contributed by atoms with van der Waals surface area (Å²) in [5.41, 5.74) is 0.0312. The lowest BCUT2D eigenvalue weighted by atomic mass is 9.63. The lowest BCUT2D eigenvalue weighted by Gasteiger charge is -2.45. The molecule has 2 unspecified atom stereocenters. The van der Waals surface area contributed by atoms with Crippen molar-refractivity contribution in [1.82, 2.24) is 0 Å². The molecule has 0 saturated heterocycles. The molecule has 2 saturated carbocycles. The number of thiophene rings is 1. The highest BCUT2D eigenvalue weighted by Gasteiger charge is 2.46. The number of rotatable bonds is 8. The average molecular weight is 475 g/mol. The fourth-order valence-corrected chi connectivity index (χ4v) is 5.81. The van der Waals surface area contributed by atoms with Gasteiger partial charge in [-0.05, 0) is 68.4 Å². The van der Waals surface area contributed by atoms with Gasteiger partial charge in [-0.15, -0.1) is 11.3 Å². The monoisotopic (exact) mass is 474 g/mol. The standard InChI is InChI=1S/C16H25F3O.C9H12O2S/c1-2-15(10-5-11-15)14(20)9-4-7-12-6-3-8-13(12)16(17,18)19;1-3-4-7-5-6-8(12-7)9(10)11-2/h4,7,12-14,20H,2-3,5-6,8-11H2,1H3;5-6H,3-4H2,1-2H3/b7-4+;/t12-,13?,14?;/m0./s1. The van der Waals surface area contributed by atoms with Crippen LogP contribution in [0.2, 0.25) is 0 Å². The van der Waals surface area contributed by atoms with Crippen molar-refractivity contribution in [2.24, 2.45) is 17.3 Å². The van der Waals surface area contributed by atoms with E-state index in [9.17, 15) is 23.1 Å². The molecule has 7 heteroatoms. The van der Waals surface area contributed by atoms with Gasteiger partial charge in [-0.1, -0.05) is 45.3 Å². The van der Waals surface area contributed by atoms with E-state index in [0.717, 1.165) is 38.5 Å². The Morgan fingerprint density at radius 2 is 2.00 bits per heavy atom. The minimum atomic E-state index is -4.08. The number of aliphatic hydroxyl groups is 1. The first kappa shape index (κ1) is 26.9. The number of carbonyl (C=O) groups is 1. The van der Waals surface area contributed by atoms with Crippen LogP contribution >= 0.6 is 11.3 Å². The van der Waals surface area contributed by atoms with Gasteiger partial charge in [0.25, 0.3) is 0 Å². The van der Waals surface area contributed by atoms with E-state index in [2.05, 4.69) is 18.6 Å². The maximum absolute atomic E-state index is 12.8. The lowest BCUT2D eigenvalue weighted by Crippen LogP contribution is -2.40. The Kier molecular flexibility index (Phi) is 10.3. The predicted octanol–water partition coefficient (Wildman–Crippen LogP) is 7.34. The van der Waals surface area contributed by atoms with E-state index < -0.39 is 18.2 Å². The van der Waals surface area contributed by atoms with Crippen molar-refractivity contribution in [1.29, 1.82) is 0 Å². The first-order valence-electron chi connectivity index (χ1n) is 11.7. The van der Waals surface area contributed by atoms with Crippen molar-refractivity contribution in [2.75, 3.05) is 7.11 Å². The molecule has 0 spiro atoms. The summed E-state index contributed by atoms with van der Waals surface area (Å²) in [7, 11) is 1.40. The van der Waals surface area contributed by atoms with Crippen LogP contribution in [0.1, 0.15) is 86.2 Å². The summed E-state index contributed by atoms with van der Waals surface area (Å²) in [6, 6.07) is 3.81. The Morgan fingerprint density at radius 1 is 1.28 bits per heavy atom. The lowest BCUT2D eigenvalue weighted by molar-refractivity contribution is -0.179. The van der Waals surface area contributed by atoms with Gasteiger partial charge in [0.05, 0.1) is 19.1 Å². The number of carbonyl (C=O) groups excluding carboxylic acids is 1. The van der Waals surface area contributed by atoms with Gasteiger partial charge < -0.3 is 9.84 Å². The maximum atomic E-state index is 12.8. The zero-order chi connectivity index (χ0) is 23.8. The minimum Gasteiger partial charge on any atom is -0.465 e. The van der Waals surface area contributed by atoms with E-state index in [-0.39, 0.29) is 23.7 Å². The molecule has 182 valence electrons. The highest BCUT2D eigenvalue weighted by molar-refractivity contribution is 7.13. The number of aliphatic hydroxyl groups excluding tert-OH is 1. The second-order valence-electron chi connectivity index (χ2n) is 9.00. The number of methoxy groups -OCH3 is 1. The van der Waals surface area contributed by atoms with E-state index in [1.807, 2.05) is 12.1 Å². The molecule has 1 N–H and O–H groups in total. The van der Waals surface area contributed by atoms with Crippen LogP contribution in [0.15, 0.2) is 24.3 Å². The maximum Gasteiger partial charge on any atom is 0.392 e. The number of hydrogen-bond acceptors (Lipinski definition) is 4. The molecule has 32 heavy (non-hydrogen) atoms. The van der Waals surface area contributed by atoms with Gasteiger partial charge in [0.2, 0.25) is 0 Å². The topological polar surface area (TPSA) is 46.5 Å². The van der Waals surface area contributed by atoms with Gasteiger partial charge in [0.1, 0.15) is 4.88 Å². The van der Waals surface area contributed by atoms with E-state index in [1.165, 1.54) is 23.3 Å². The summed E-state index contributed by atoms with van der Waals surface area (Å²) in [6.45, 7) is 4.21. The van der Waals surface area contributed by atoms with Crippen molar-refractivity contribution in [3.8, 4) is 0 Å². The molecular formula is C25H37F3O3S. The third kappa shape index (κ3) is 7.08. The minimum absolute atomic E-state index is 0.0312. The SMILES string of the molecule is CCC1(C(O)C/C=C/[C@@H]2CCCC2C(F)(F)F)CCC1.CCCc1ccc(C(=O)OC)s1. The second kappa shape index (κ2) is 12.2. The van der Waals surface area contributed by atoms with Crippen LogP contribution in [0.3, 0.4) is 0 Å². The third-order valence-electron chi connectivity index (χ3n) is 7.04. The molecule has 0 bridgehead atoms. The first-order chi connectivity index (χ1) is 15.2. The summed E-state index contributed by atoms with van der Waals surface area (Å²) in [5.74, 6) is -1.80. The van der Waals surface area contributed by atoms with E-state index in [1.54, 1.807) is 12.2 Å². The van der Waals surface area contributed by atoms with Crippen LogP contribution < -0.4 is 0 Å². The molecule has 2 aliphatic carbocycles. The van der Waals surface area contributed by atoms with Crippen molar-refractivity contribution in [2.45, 2.75) is 90.3 Å². The largest absolute Gasteiger partial charge is 0.465 e. The number of hydrogen-bond donors (Lipinski definition) is 1. The first-order valence-corrected chi connectivity index (χ1v) is 12.6. The Bertz CT molecular complexity index is 732. The van der Waals surface area contributed by atoms with E-state index in [0.29, 0.717) is 24.1 Å². The van der Waals surface area contributed by atoms with E-state index in [4.69, 9.17) is 0 Å². The molecule has 1 aromatic heterocycles. The smallest absolute Gasteiger partial charge is 0.392 e. The summed E-state index contributed by atoms with van der Waals surface area (Å²) in [6.07, 6.45) is 7.40. The normalized spacial score (nSPS) is 23.3. The zero-order valence-electron chi connectivity index (χ0n) is 19.4. The Labute approximate surface area is 194 Å². The van der Waals surface area contributed by atoms with Gasteiger partial charge in [-0.25, -0.2) is 4.79 Å². The Balaban J connectivity index is 0.000000258. The predicted molar refractivity (Wildman–Crippen MR) is 123 cm³/mol. The highest BCUT2D eigenvalue weighted by atomic mass is 32.1. The number of esters is 1. The Morgan fingerprint density at radius 3 is 2.53 bits per heavy atom. The van der Waals surface area contributed by atoms with Gasteiger partial charge in [0, 0.05) is 4.88 Å². The average Bonchev–Trinajstić information content (AvgIpc) is 3.37. The molecule has 0 radical (unpaired) electrons. The third-order valence-corrected chi connectivity index (χ3v) is 8.16. The molecule has 3 atom stereocenters. The van der Waals surface area contributed by atoms with Gasteiger partial charge in [0.15, 0.2) is 0 Å². The molecule has 0 aliphatic heterocycles. The molecule has 1 aromatic rings. The van der Waals surface area contributed by atoms with E-state index >= 15 is 0 Å². The van der Waals surface area contributed by atoms with Gasteiger partial charge in [-0.2, -0.15) is 13.2 Å². The summed E-state index contributed by atoms with van der Waals surface area (Å²) in [4.78, 5) is 13.0. The molecule has 1 heterocycles. The van der Waals surface area contributed by atoms with Crippen LogP contribution in [0.4, 0.5) is 13.2 Å². The molecule has 3 rings (SSSR count). The number of halogens is 3. The zero-order valence-corrected chi connectivity index (χ0v) is 20.2. The van der Waals surface area contributed by atoms with Crippen molar-refractivity contribution in [3.63, 3.8) is 0 Å². The van der Waals surface area contributed by atoms with Crippen LogP contribution in [0.25, 0.3) is 0 Å². The summed E-state index contributed by atoms with van der Waals surface area (Å²) in [5, 5.41) is 10.2. The second-order valence-corrected chi connectivity index (χ2v) is 10.2. The number of allylic oxidation sites excluding steroid dienone is 1. The Hall–Kier alpha value is -1.34. The summed E-state index contributed by atoms with van der Waals surface area (Å²) < 4.78 is 43.1. The number of aryl methyl sites for hydroxylation is 1. The van der Waals surface area contributed by atoms with Crippen LogP contribution in [-0.4, -0.2) is 30.5 Å². The number of alkyl halides is 3. The molecule has 2 fully saturated rings. The van der Waals surface area contributed by atoms with Crippen LogP contribution in [-0.2, 0) is 11.2 Å². The van der Waals surface area contributed by atoms with Crippen molar-refractivity contribution in [3.05, 3.63) is 34.0 Å². The highest BCUT2D eigenvalue weighted by Crippen LogP contribution is 2.48. The summed E-state index contributed by atoms with van der Waals surface area (Å²) >= 11 is 1.52. The van der Waals surface area contributed by atoms with Crippen molar-refractivity contribution >= 4 is 17.3 Å². The van der Waals surface area contributed by atoms with Gasteiger partial charge in [-0.3, -0.25) is 0 Å². The molecule has 3 nitrogen and oxygen atoms in total. The van der Waals surface area contributed by atoms with Crippen molar-refractivity contribution < 1.29 is 27.8 Å². The quantitative estimate of drug-likeness (QED) is 0.317. The molecule has 0 aromatic carbocycles. The van der Waals surface area contributed by atoms with Crippen LogP contribution in [0.5, 0.6) is 0 Å². The van der Waals surface area contributed by atoms with Crippen LogP contribution in [0, 0.1) is 17.3 Å².